The van der Waals surface area contributed by atoms with E-state index in [1.165, 1.54) is 11.1 Å². The zero-order valence-corrected chi connectivity index (χ0v) is 15.0. The van der Waals surface area contributed by atoms with Crippen LogP contribution in [0.25, 0.3) is 0 Å². The zero-order valence-electron chi connectivity index (χ0n) is 14.2. The largest absolute Gasteiger partial charge is 0.491 e. The lowest BCUT2D eigenvalue weighted by Gasteiger charge is -2.30. The molecule has 1 atom stereocenters. The lowest BCUT2D eigenvalue weighted by molar-refractivity contribution is 0.00589. The molecule has 0 unspecified atom stereocenters. The zero-order chi connectivity index (χ0) is 17.5. The molecule has 0 amide bonds. The summed E-state index contributed by atoms with van der Waals surface area (Å²) in [5.41, 5.74) is 2.78. The number of hydrogen-bond donors (Lipinski definition) is 1. The molecule has 25 heavy (non-hydrogen) atoms. The summed E-state index contributed by atoms with van der Waals surface area (Å²) in [6.45, 7) is 3.73. The van der Waals surface area contributed by atoms with Crippen molar-refractivity contribution in [2.75, 3.05) is 32.9 Å². The maximum absolute atomic E-state index is 10.2. The van der Waals surface area contributed by atoms with Crippen molar-refractivity contribution >= 4 is 11.6 Å². The molecular formula is C20H24ClNO3. The van der Waals surface area contributed by atoms with E-state index in [1.54, 1.807) is 12.1 Å². The fraction of sp³-hybridized carbons (Fsp3) is 0.400. The minimum Gasteiger partial charge on any atom is -0.491 e. The van der Waals surface area contributed by atoms with Crippen molar-refractivity contribution in [1.82, 2.24) is 4.90 Å². The highest BCUT2D eigenvalue weighted by Crippen LogP contribution is 2.18. The van der Waals surface area contributed by atoms with E-state index < -0.39 is 6.10 Å². The van der Waals surface area contributed by atoms with Gasteiger partial charge in [0, 0.05) is 24.7 Å². The minimum atomic E-state index is -0.485. The molecule has 0 saturated carbocycles. The van der Waals surface area contributed by atoms with E-state index in [0.29, 0.717) is 31.4 Å². The van der Waals surface area contributed by atoms with Crippen molar-refractivity contribution in [3.05, 3.63) is 64.7 Å². The Morgan fingerprint density at radius 2 is 1.80 bits per heavy atom. The molecule has 1 N–H and O–H groups in total. The molecule has 0 aromatic heterocycles. The first kappa shape index (κ1) is 18.2. The highest BCUT2D eigenvalue weighted by molar-refractivity contribution is 6.30. The van der Waals surface area contributed by atoms with E-state index >= 15 is 0 Å². The van der Waals surface area contributed by atoms with Crippen LogP contribution >= 0.6 is 11.6 Å². The van der Waals surface area contributed by atoms with Crippen molar-refractivity contribution in [1.29, 1.82) is 0 Å². The predicted molar refractivity (Wildman–Crippen MR) is 99.2 cm³/mol. The monoisotopic (exact) mass is 361 g/mol. The van der Waals surface area contributed by atoms with Gasteiger partial charge in [-0.2, -0.15) is 0 Å². The number of benzene rings is 2. The average molecular weight is 362 g/mol. The van der Waals surface area contributed by atoms with E-state index in [-0.39, 0.29) is 0 Å². The molecule has 0 radical (unpaired) electrons. The van der Waals surface area contributed by atoms with Crippen LogP contribution in [0.1, 0.15) is 11.1 Å². The Morgan fingerprint density at radius 3 is 2.60 bits per heavy atom. The number of nitrogens with zero attached hydrogens (tertiary/aromatic N) is 1. The minimum absolute atomic E-state index is 0.322. The molecule has 134 valence electrons. The lowest BCUT2D eigenvalue weighted by Crippen LogP contribution is -2.38. The Balaban J connectivity index is 1.31. The molecule has 0 saturated heterocycles. The van der Waals surface area contributed by atoms with Crippen molar-refractivity contribution in [2.45, 2.75) is 19.1 Å². The maximum atomic E-state index is 10.2. The number of ether oxygens (including phenoxy) is 2. The molecular weight excluding hydrogens is 338 g/mol. The Kier molecular flexibility index (Phi) is 6.70. The highest BCUT2D eigenvalue weighted by atomic mass is 35.5. The summed E-state index contributed by atoms with van der Waals surface area (Å²) in [6, 6.07) is 15.7. The van der Waals surface area contributed by atoms with Crippen molar-refractivity contribution in [2.24, 2.45) is 0 Å². The van der Waals surface area contributed by atoms with Crippen LogP contribution in [0.3, 0.4) is 0 Å². The van der Waals surface area contributed by atoms with Crippen LogP contribution in [0.5, 0.6) is 5.75 Å². The van der Waals surface area contributed by atoms with E-state index in [4.69, 9.17) is 21.1 Å². The molecule has 4 nitrogen and oxygen atoms in total. The molecule has 0 bridgehead atoms. The predicted octanol–water partition coefficient (Wildman–Crippen LogP) is 3.15. The molecule has 1 heterocycles. The fourth-order valence-electron chi connectivity index (χ4n) is 3.03. The van der Waals surface area contributed by atoms with Crippen LogP contribution < -0.4 is 4.74 Å². The third-order valence-electron chi connectivity index (χ3n) is 4.30. The van der Waals surface area contributed by atoms with Gasteiger partial charge in [0.15, 0.2) is 0 Å². The van der Waals surface area contributed by atoms with Crippen molar-refractivity contribution in [3.8, 4) is 5.75 Å². The Morgan fingerprint density at radius 1 is 1.04 bits per heavy atom. The van der Waals surface area contributed by atoms with Crippen LogP contribution in [0.4, 0.5) is 0 Å². The van der Waals surface area contributed by atoms with Gasteiger partial charge in [-0.25, -0.2) is 0 Å². The van der Waals surface area contributed by atoms with E-state index in [2.05, 4.69) is 29.2 Å². The van der Waals surface area contributed by atoms with Crippen LogP contribution in [-0.4, -0.2) is 49.0 Å². The molecule has 0 spiro atoms. The Hall–Kier alpha value is -1.59. The first-order chi connectivity index (χ1) is 12.2. The molecule has 1 aliphatic rings. The summed E-state index contributed by atoms with van der Waals surface area (Å²) < 4.78 is 11.1. The Bertz CT molecular complexity index is 662. The molecule has 1 aliphatic heterocycles. The number of hydrogen-bond acceptors (Lipinski definition) is 4. The van der Waals surface area contributed by atoms with Crippen LogP contribution in [0, 0.1) is 0 Å². The first-order valence-electron chi connectivity index (χ1n) is 8.64. The summed E-state index contributed by atoms with van der Waals surface area (Å²) >= 11 is 5.83. The van der Waals surface area contributed by atoms with E-state index in [1.807, 2.05) is 12.1 Å². The van der Waals surface area contributed by atoms with Crippen LogP contribution in [0.2, 0.25) is 5.02 Å². The Labute approximate surface area is 153 Å². The summed E-state index contributed by atoms with van der Waals surface area (Å²) in [6.07, 6.45) is 0.555. The van der Waals surface area contributed by atoms with Crippen molar-refractivity contribution < 1.29 is 14.6 Å². The summed E-state index contributed by atoms with van der Waals surface area (Å²) in [4.78, 5) is 2.28. The molecule has 5 heteroatoms. The van der Waals surface area contributed by atoms with Gasteiger partial charge in [-0.3, -0.25) is 4.90 Å². The van der Waals surface area contributed by atoms with Crippen molar-refractivity contribution in [3.63, 3.8) is 0 Å². The molecule has 2 aromatic carbocycles. The third kappa shape index (κ3) is 5.72. The number of fused-ring (bicyclic) bond motifs is 1. The second-order valence-corrected chi connectivity index (χ2v) is 6.72. The van der Waals surface area contributed by atoms with E-state index in [0.717, 1.165) is 25.3 Å². The lowest BCUT2D eigenvalue weighted by atomic mass is 10.00. The first-order valence-corrected chi connectivity index (χ1v) is 9.02. The van der Waals surface area contributed by atoms with Gasteiger partial charge in [-0.15, -0.1) is 0 Å². The summed E-state index contributed by atoms with van der Waals surface area (Å²) in [5, 5.41) is 10.9. The topological polar surface area (TPSA) is 41.9 Å². The summed E-state index contributed by atoms with van der Waals surface area (Å²) in [7, 11) is 0. The number of aliphatic hydroxyl groups excluding tert-OH is 1. The molecule has 0 aliphatic carbocycles. The fourth-order valence-corrected chi connectivity index (χ4v) is 3.16. The van der Waals surface area contributed by atoms with Crippen LogP contribution in [-0.2, 0) is 17.7 Å². The number of aliphatic hydroxyl groups is 1. The molecule has 2 aromatic rings. The van der Waals surface area contributed by atoms with Gasteiger partial charge in [-0.1, -0.05) is 35.9 Å². The number of halogens is 1. The SMILES string of the molecule is O[C@@H](COCCOc1ccc(Cl)cc1)CN1CCc2ccccc2C1. The number of β-amino-alcohol motifs (C(OH)–C–C–N with tert-alkyl or cyclic N) is 1. The van der Waals surface area contributed by atoms with Gasteiger partial charge in [0.05, 0.1) is 19.3 Å². The van der Waals surface area contributed by atoms with Gasteiger partial charge in [0.2, 0.25) is 0 Å². The van der Waals surface area contributed by atoms with Gasteiger partial charge >= 0.3 is 0 Å². The van der Waals surface area contributed by atoms with Gasteiger partial charge in [-0.05, 0) is 41.8 Å². The molecule has 3 rings (SSSR count). The third-order valence-corrected chi connectivity index (χ3v) is 4.55. The second kappa shape index (κ2) is 9.20. The normalized spacial score (nSPS) is 15.6. The highest BCUT2D eigenvalue weighted by Gasteiger charge is 2.18. The van der Waals surface area contributed by atoms with Gasteiger partial charge < -0.3 is 14.6 Å². The second-order valence-electron chi connectivity index (χ2n) is 6.28. The average Bonchev–Trinajstić information content (AvgIpc) is 2.63. The van der Waals surface area contributed by atoms with E-state index in [9.17, 15) is 5.11 Å². The maximum Gasteiger partial charge on any atom is 0.119 e. The van der Waals surface area contributed by atoms with Gasteiger partial charge in [0.25, 0.3) is 0 Å². The summed E-state index contributed by atoms with van der Waals surface area (Å²) in [5.74, 6) is 0.764. The van der Waals surface area contributed by atoms with Gasteiger partial charge in [0.1, 0.15) is 12.4 Å². The standard InChI is InChI=1S/C20H24ClNO3/c21-18-5-7-20(8-6-18)25-12-11-24-15-19(23)14-22-10-9-16-3-1-2-4-17(16)13-22/h1-8,19,23H,9-15H2/t19-/m1/s1. The molecule has 0 fully saturated rings. The quantitative estimate of drug-likeness (QED) is 0.733. The smallest absolute Gasteiger partial charge is 0.119 e. The number of rotatable bonds is 8. The van der Waals surface area contributed by atoms with Crippen LogP contribution in [0.15, 0.2) is 48.5 Å².